The van der Waals surface area contributed by atoms with E-state index in [1.54, 1.807) is 0 Å². The number of piperidine rings is 1. The van der Waals surface area contributed by atoms with Crippen LogP contribution in [0.1, 0.15) is 46.5 Å². The molecule has 0 bridgehead atoms. The molecule has 0 aromatic heterocycles. The van der Waals surface area contributed by atoms with Gasteiger partial charge in [0.05, 0.1) is 0 Å². The van der Waals surface area contributed by atoms with Gasteiger partial charge in [-0.3, -0.25) is 4.79 Å². The van der Waals surface area contributed by atoms with Gasteiger partial charge in [-0.15, -0.1) is 0 Å². The molecule has 0 spiro atoms. The number of nitrogens with zero attached hydrogens (tertiary/aromatic N) is 1. The first-order valence-corrected chi connectivity index (χ1v) is 7.10. The van der Waals surface area contributed by atoms with Crippen LogP contribution >= 0.6 is 0 Å². The van der Waals surface area contributed by atoms with Gasteiger partial charge in [0.25, 0.3) is 0 Å². The Kier molecular flexibility index (Phi) is 5.96. The molecule has 3 unspecified atom stereocenters. The Bertz CT molecular complexity index is 242. The fraction of sp³-hybridized carbons (Fsp3) is 0.929. The maximum absolute atomic E-state index is 12.3. The lowest BCUT2D eigenvalue weighted by Gasteiger charge is -2.39. The molecule has 1 saturated heterocycles. The molecule has 3 heteroatoms. The second-order valence-electron chi connectivity index (χ2n) is 5.33. The van der Waals surface area contributed by atoms with Crippen LogP contribution in [0.3, 0.4) is 0 Å². The fourth-order valence-electron chi connectivity index (χ4n) is 2.89. The van der Waals surface area contributed by atoms with Crippen LogP contribution in [0.25, 0.3) is 0 Å². The minimum atomic E-state index is 0.198. The predicted molar refractivity (Wildman–Crippen MR) is 71.9 cm³/mol. The maximum atomic E-state index is 12.3. The lowest BCUT2D eigenvalue weighted by Crippen LogP contribution is -2.51. The Morgan fingerprint density at radius 3 is 2.71 bits per heavy atom. The molecule has 0 aromatic rings. The van der Waals surface area contributed by atoms with Crippen LogP contribution in [0.4, 0.5) is 0 Å². The minimum absolute atomic E-state index is 0.198. The Balaban J connectivity index is 2.54. The average molecular weight is 240 g/mol. The highest BCUT2D eigenvalue weighted by Gasteiger charge is 2.30. The van der Waals surface area contributed by atoms with E-state index >= 15 is 0 Å². The largest absolute Gasteiger partial charge is 0.342 e. The average Bonchev–Trinajstić information content (AvgIpc) is 2.37. The standard InChI is InChI=1S/C14H28N2O/c1-5-7-11(3)14(17)16-9-8-13(15-4)12(6-2)10-16/h11-13,15H,5-10H2,1-4H3. The molecule has 0 aromatic carbocycles. The second kappa shape index (κ2) is 7.00. The van der Waals surface area contributed by atoms with E-state index in [9.17, 15) is 4.79 Å². The topological polar surface area (TPSA) is 32.3 Å². The third-order valence-corrected chi connectivity index (χ3v) is 4.08. The zero-order chi connectivity index (χ0) is 12.8. The number of likely N-dealkylation sites (tertiary alicyclic amines) is 1. The summed E-state index contributed by atoms with van der Waals surface area (Å²) in [6.07, 6.45) is 4.36. The van der Waals surface area contributed by atoms with Gasteiger partial charge >= 0.3 is 0 Å². The summed E-state index contributed by atoms with van der Waals surface area (Å²) in [6, 6.07) is 0.588. The van der Waals surface area contributed by atoms with Crippen LogP contribution in [-0.2, 0) is 4.79 Å². The molecule has 0 aliphatic carbocycles. The Morgan fingerprint density at radius 1 is 1.47 bits per heavy atom. The Labute approximate surface area is 106 Å². The summed E-state index contributed by atoms with van der Waals surface area (Å²) < 4.78 is 0. The molecule has 0 saturated carbocycles. The summed E-state index contributed by atoms with van der Waals surface area (Å²) >= 11 is 0. The highest BCUT2D eigenvalue weighted by molar-refractivity contribution is 5.78. The van der Waals surface area contributed by atoms with Gasteiger partial charge in [0.15, 0.2) is 0 Å². The van der Waals surface area contributed by atoms with E-state index in [0.717, 1.165) is 38.8 Å². The van der Waals surface area contributed by atoms with Crippen molar-refractivity contribution in [3.05, 3.63) is 0 Å². The third kappa shape index (κ3) is 3.70. The van der Waals surface area contributed by atoms with Crippen molar-refractivity contribution in [3.63, 3.8) is 0 Å². The number of hydrogen-bond donors (Lipinski definition) is 1. The van der Waals surface area contributed by atoms with Crippen LogP contribution in [0.15, 0.2) is 0 Å². The summed E-state index contributed by atoms with van der Waals surface area (Å²) in [7, 11) is 2.03. The monoisotopic (exact) mass is 240 g/mol. The third-order valence-electron chi connectivity index (χ3n) is 4.08. The molecule has 1 N–H and O–H groups in total. The van der Waals surface area contributed by atoms with Crippen molar-refractivity contribution in [2.75, 3.05) is 20.1 Å². The number of carbonyl (C=O) groups is 1. The van der Waals surface area contributed by atoms with E-state index in [4.69, 9.17) is 0 Å². The van der Waals surface area contributed by atoms with E-state index < -0.39 is 0 Å². The summed E-state index contributed by atoms with van der Waals surface area (Å²) in [6.45, 7) is 8.30. The molecule has 1 amide bonds. The summed E-state index contributed by atoms with van der Waals surface area (Å²) in [5.74, 6) is 1.18. The molecule has 100 valence electrons. The van der Waals surface area contributed by atoms with Crippen molar-refractivity contribution in [1.82, 2.24) is 10.2 Å². The normalized spacial score (nSPS) is 26.9. The zero-order valence-corrected chi connectivity index (χ0v) is 11.8. The van der Waals surface area contributed by atoms with Crippen LogP contribution < -0.4 is 5.32 Å². The van der Waals surface area contributed by atoms with Crippen molar-refractivity contribution < 1.29 is 4.79 Å². The number of hydrogen-bond acceptors (Lipinski definition) is 2. The van der Waals surface area contributed by atoms with Gasteiger partial charge in [0.2, 0.25) is 5.91 Å². The molecule has 0 radical (unpaired) electrons. The fourth-order valence-corrected chi connectivity index (χ4v) is 2.89. The van der Waals surface area contributed by atoms with Gasteiger partial charge in [-0.2, -0.15) is 0 Å². The van der Waals surface area contributed by atoms with E-state index in [0.29, 0.717) is 17.9 Å². The number of nitrogens with one attached hydrogen (secondary N) is 1. The first-order chi connectivity index (χ1) is 8.13. The molecular weight excluding hydrogens is 212 g/mol. The number of carbonyl (C=O) groups excluding carboxylic acids is 1. The highest BCUT2D eigenvalue weighted by Crippen LogP contribution is 2.22. The maximum Gasteiger partial charge on any atom is 0.225 e. The predicted octanol–water partition coefficient (Wildman–Crippen LogP) is 2.27. The molecule has 1 heterocycles. The van der Waals surface area contributed by atoms with Crippen molar-refractivity contribution in [2.45, 2.75) is 52.5 Å². The van der Waals surface area contributed by atoms with E-state index in [1.807, 2.05) is 7.05 Å². The molecule has 1 rings (SSSR count). The minimum Gasteiger partial charge on any atom is -0.342 e. The number of rotatable bonds is 5. The van der Waals surface area contributed by atoms with E-state index in [2.05, 4.69) is 31.0 Å². The van der Waals surface area contributed by atoms with E-state index in [1.165, 1.54) is 0 Å². The lowest BCUT2D eigenvalue weighted by molar-refractivity contribution is -0.137. The molecule has 1 fully saturated rings. The summed E-state index contributed by atoms with van der Waals surface area (Å²) in [4.78, 5) is 14.3. The molecule has 17 heavy (non-hydrogen) atoms. The smallest absolute Gasteiger partial charge is 0.225 e. The SMILES string of the molecule is CCCC(C)C(=O)N1CCC(NC)C(CC)C1. The van der Waals surface area contributed by atoms with Gasteiger partial charge in [-0.25, -0.2) is 0 Å². The van der Waals surface area contributed by atoms with Crippen LogP contribution in [0, 0.1) is 11.8 Å². The van der Waals surface area contributed by atoms with Crippen molar-refractivity contribution >= 4 is 5.91 Å². The molecular formula is C14H28N2O. The molecule has 1 aliphatic rings. The molecule has 3 atom stereocenters. The first-order valence-electron chi connectivity index (χ1n) is 7.10. The highest BCUT2D eigenvalue weighted by atomic mass is 16.2. The number of amides is 1. The zero-order valence-electron chi connectivity index (χ0n) is 11.8. The summed E-state index contributed by atoms with van der Waals surface area (Å²) in [5.41, 5.74) is 0. The first kappa shape index (κ1) is 14.5. The van der Waals surface area contributed by atoms with Gasteiger partial charge < -0.3 is 10.2 Å². The van der Waals surface area contributed by atoms with Crippen LogP contribution in [0.2, 0.25) is 0 Å². The van der Waals surface area contributed by atoms with Gasteiger partial charge in [-0.1, -0.05) is 33.6 Å². The van der Waals surface area contributed by atoms with Gasteiger partial charge in [0.1, 0.15) is 0 Å². The second-order valence-corrected chi connectivity index (χ2v) is 5.33. The van der Waals surface area contributed by atoms with Gasteiger partial charge in [0, 0.05) is 25.0 Å². The van der Waals surface area contributed by atoms with Crippen LogP contribution in [0.5, 0.6) is 0 Å². The van der Waals surface area contributed by atoms with Crippen LogP contribution in [-0.4, -0.2) is 37.0 Å². The van der Waals surface area contributed by atoms with Crippen molar-refractivity contribution in [3.8, 4) is 0 Å². The summed E-state index contributed by atoms with van der Waals surface area (Å²) in [5, 5.41) is 3.38. The Hall–Kier alpha value is -0.570. The van der Waals surface area contributed by atoms with Gasteiger partial charge in [-0.05, 0) is 25.8 Å². The lowest BCUT2D eigenvalue weighted by atomic mass is 9.89. The molecule has 3 nitrogen and oxygen atoms in total. The quantitative estimate of drug-likeness (QED) is 0.799. The van der Waals surface area contributed by atoms with Crippen molar-refractivity contribution in [2.24, 2.45) is 11.8 Å². The Morgan fingerprint density at radius 2 is 2.18 bits per heavy atom. The van der Waals surface area contributed by atoms with Crippen molar-refractivity contribution in [1.29, 1.82) is 0 Å². The molecule has 1 aliphatic heterocycles. The van der Waals surface area contributed by atoms with E-state index in [-0.39, 0.29) is 5.92 Å².